The second-order valence-corrected chi connectivity index (χ2v) is 5.58. The number of hydrogen-bond acceptors (Lipinski definition) is 5. The third-order valence-corrected chi connectivity index (χ3v) is 3.85. The molecule has 128 valence electrons. The summed E-state index contributed by atoms with van der Waals surface area (Å²) in [5.74, 6) is 0.756. The van der Waals surface area contributed by atoms with E-state index >= 15 is 0 Å². The fraction of sp³-hybridized carbons (Fsp3) is 0.222. The summed E-state index contributed by atoms with van der Waals surface area (Å²) in [6.07, 6.45) is 0.765. The lowest BCUT2D eigenvalue weighted by molar-refractivity contribution is -0.116. The Kier molecular flexibility index (Phi) is 5.03. The van der Waals surface area contributed by atoms with E-state index in [-0.39, 0.29) is 18.1 Å². The predicted octanol–water partition coefficient (Wildman–Crippen LogP) is 2.64. The van der Waals surface area contributed by atoms with Crippen molar-refractivity contribution in [2.24, 2.45) is 0 Å². The zero-order valence-corrected chi connectivity index (χ0v) is 13.9. The number of anilines is 1. The lowest BCUT2D eigenvalue weighted by atomic mass is 10.1. The molecule has 0 saturated carbocycles. The molecule has 7 heteroatoms. The number of carbonyl (C=O) groups excluding carboxylic acids is 1. The van der Waals surface area contributed by atoms with E-state index in [0.29, 0.717) is 24.5 Å². The van der Waals surface area contributed by atoms with E-state index in [4.69, 9.17) is 0 Å². The number of nitrogens with zero attached hydrogens (tertiary/aromatic N) is 4. The van der Waals surface area contributed by atoms with Gasteiger partial charge in [-0.05, 0) is 47.5 Å². The number of aryl methyl sites for hydroxylation is 2. The van der Waals surface area contributed by atoms with Crippen molar-refractivity contribution < 1.29 is 9.90 Å². The van der Waals surface area contributed by atoms with Crippen LogP contribution in [0, 0.1) is 0 Å². The van der Waals surface area contributed by atoms with Crippen molar-refractivity contribution in [1.82, 2.24) is 20.2 Å². The van der Waals surface area contributed by atoms with Crippen LogP contribution in [0.15, 0.2) is 48.5 Å². The number of amides is 1. The van der Waals surface area contributed by atoms with Gasteiger partial charge in [-0.25, -0.2) is 4.68 Å². The van der Waals surface area contributed by atoms with Gasteiger partial charge in [-0.2, -0.15) is 0 Å². The minimum atomic E-state index is -0.115. The number of hydrogen-bond donors (Lipinski definition) is 2. The van der Waals surface area contributed by atoms with Gasteiger partial charge >= 0.3 is 0 Å². The summed E-state index contributed by atoms with van der Waals surface area (Å²) >= 11 is 0. The highest BCUT2D eigenvalue weighted by Crippen LogP contribution is 2.21. The van der Waals surface area contributed by atoms with Gasteiger partial charge in [-0.3, -0.25) is 4.79 Å². The van der Waals surface area contributed by atoms with Crippen LogP contribution in [0.25, 0.3) is 11.4 Å². The van der Waals surface area contributed by atoms with Gasteiger partial charge in [0.25, 0.3) is 0 Å². The van der Waals surface area contributed by atoms with Crippen molar-refractivity contribution in [2.75, 3.05) is 5.32 Å². The maximum absolute atomic E-state index is 12.2. The van der Waals surface area contributed by atoms with Gasteiger partial charge in [0.1, 0.15) is 5.75 Å². The molecule has 1 heterocycles. The van der Waals surface area contributed by atoms with E-state index in [1.807, 2.05) is 43.3 Å². The lowest BCUT2D eigenvalue weighted by Gasteiger charge is -2.08. The zero-order chi connectivity index (χ0) is 17.6. The van der Waals surface area contributed by atoms with Gasteiger partial charge in [-0.1, -0.05) is 30.3 Å². The first kappa shape index (κ1) is 16.6. The van der Waals surface area contributed by atoms with Gasteiger partial charge in [0.15, 0.2) is 5.82 Å². The number of nitrogens with one attached hydrogen (secondary N) is 1. The van der Waals surface area contributed by atoms with E-state index in [1.165, 1.54) is 0 Å². The molecule has 1 amide bonds. The summed E-state index contributed by atoms with van der Waals surface area (Å²) < 4.78 is 1.69. The molecule has 0 fully saturated rings. The number of benzene rings is 2. The predicted molar refractivity (Wildman–Crippen MR) is 94.0 cm³/mol. The number of phenolic OH excluding ortho intramolecular Hbond substituents is 1. The van der Waals surface area contributed by atoms with Crippen molar-refractivity contribution >= 4 is 11.6 Å². The maximum atomic E-state index is 12.2. The van der Waals surface area contributed by atoms with Crippen LogP contribution in [0.5, 0.6) is 5.75 Å². The Hall–Kier alpha value is -3.22. The minimum absolute atomic E-state index is 0.115. The fourth-order valence-corrected chi connectivity index (χ4v) is 2.55. The maximum Gasteiger partial charge on any atom is 0.224 e. The lowest BCUT2D eigenvalue weighted by Crippen LogP contribution is -2.12. The highest BCUT2D eigenvalue weighted by molar-refractivity contribution is 5.91. The molecule has 0 bridgehead atoms. The van der Waals surface area contributed by atoms with Gasteiger partial charge in [0.2, 0.25) is 5.91 Å². The number of para-hydroxylation sites is 1. The number of tetrazole rings is 1. The van der Waals surface area contributed by atoms with E-state index in [1.54, 1.807) is 16.8 Å². The van der Waals surface area contributed by atoms with Crippen molar-refractivity contribution in [3.63, 3.8) is 0 Å². The molecule has 0 saturated heterocycles. The van der Waals surface area contributed by atoms with Crippen LogP contribution in [-0.4, -0.2) is 31.2 Å². The summed E-state index contributed by atoms with van der Waals surface area (Å²) in [6, 6.07) is 14.4. The Labute approximate surface area is 145 Å². The first-order valence-corrected chi connectivity index (χ1v) is 8.10. The normalized spacial score (nSPS) is 10.6. The Morgan fingerprint density at radius 1 is 1.20 bits per heavy atom. The van der Waals surface area contributed by atoms with Crippen molar-refractivity contribution in [2.45, 2.75) is 26.3 Å². The Morgan fingerprint density at radius 2 is 2.04 bits per heavy atom. The zero-order valence-electron chi connectivity index (χ0n) is 13.9. The largest absolute Gasteiger partial charge is 0.508 e. The van der Waals surface area contributed by atoms with Crippen LogP contribution in [0.1, 0.15) is 18.9 Å². The fourth-order valence-electron chi connectivity index (χ4n) is 2.55. The molecule has 0 unspecified atom stereocenters. The molecule has 2 aromatic carbocycles. The van der Waals surface area contributed by atoms with Crippen molar-refractivity contribution in [1.29, 1.82) is 0 Å². The highest BCUT2D eigenvalue weighted by Gasteiger charge is 2.10. The van der Waals surface area contributed by atoms with E-state index in [2.05, 4.69) is 20.8 Å². The van der Waals surface area contributed by atoms with Crippen LogP contribution in [0.2, 0.25) is 0 Å². The molecule has 3 rings (SSSR count). The number of phenols is 1. The van der Waals surface area contributed by atoms with E-state index in [0.717, 1.165) is 11.1 Å². The van der Waals surface area contributed by atoms with Crippen LogP contribution in [-0.2, 0) is 17.8 Å². The monoisotopic (exact) mass is 337 g/mol. The molecule has 0 atom stereocenters. The summed E-state index contributed by atoms with van der Waals surface area (Å²) in [5, 5.41) is 24.2. The first-order valence-electron chi connectivity index (χ1n) is 8.10. The summed E-state index contributed by atoms with van der Waals surface area (Å²) in [5.41, 5.74) is 2.28. The smallest absolute Gasteiger partial charge is 0.224 e. The SMILES string of the molecule is CCn1nnnc1-c1cccc(NC(=O)CCc2ccccc2O)c1. The Morgan fingerprint density at radius 3 is 2.84 bits per heavy atom. The summed E-state index contributed by atoms with van der Waals surface area (Å²) in [6.45, 7) is 2.63. The van der Waals surface area contributed by atoms with E-state index < -0.39 is 0 Å². The third-order valence-electron chi connectivity index (χ3n) is 3.85. The summed E-state index contributed by atoms with van der Waals surface area (Å²) in [4.78, 5) is 12.2. The number of aromatic hydroxyl groups is 1. The molecule has 0 aliphatic rings. The van der Waals surface area contributed by atoms with Gasteiger partial charge in [-0.15, -0.1) is 5.10 Å². The highest BCUT2D eigenvalue weighted by atomic mass is 16.3. The second-order valence-electron chi connectivity index (χ2n) is 5.58. The van der Waals surface area contributed by atoms with Gasteiger partial charge in [0, 0.05) is 24.2 Å². The Bertz CT molecular complexity index is 875. The van der Waals surface area contributed by atoms with Gasteiger partial charge in [0.05, 0.1) is 0 Å². The quantitative estimate of drug-likeness (QED) is 0.721. The number of carbonyl (C=O) groups is 1. The van der Waals surface area contributed by atoms with Gasteiger partial charge < -0.3 is 10.4 Å². The Balaban J connectivity index is 1.66. The molecule has 0 aliphatic heterocycles. The average Bonchev–Trinajstić information content (AvgIpc) is 3.10. The standard InChI is InChI=1S/C18H19N5O2/c1-2-23-18(20-21-22-23)14-7-5-8-15(12-14)19-17(25)11-10-13-6-3-4-9-16(13)24/h3-9,12,24H,2,10-11H2,1H3,(H,19,25). The first-order chi connectivity index (χ1) is 12.2. The molecule has 2 N–H and O–H groups in total. The minimum Gasteiger partial charge on any atom is -0.508 e. The molecule has 7 nitrogen and oxygen atoms in total. The second kappa shape index (κ2) is 7.57. The van der Waals surface area contributed by atoms with E-state index in [9.17, 15) is 9.90 Å². The molecule has 3 aromatic rings. The molecule has 0 spiro atoms. The average molecular weight is 337 g/mol. The number of aromatic nitrogens is 4. The van der Waals surface area contributed by atoms with Crippen LogP contribution >= 0.6 is 0 Å². The molecular formula is C18H19N5O2. The molecular weight excluding hydrogens is 318 g/mol. The molecule has 25 heavy (non-hydrogen) atoms. The molecule has 1 aromatic heterocycles. The topological polar surface area (TPSA) is 92.9 Å². The molecule has 0 radical (unpaired) electrons. The van der Waals surface area contributed by atoms with Crippen molar-refractivity contribution in [3.8, 4) is 17.1 Å². The summed E-state index contributed by atoms with van der Waals surface area (Å²) in [7, 11) is 0. The van der Waals surface area contributed by atoms with Crippen LogP contribution in [0.4, 0.5) is 5.69 Å². The van der Waals surface area contributed by atoms with Crippen LogP contribution < -0.4 is 5.32 Å². The van der Waals surface area contributed by atoms with Crippen molar-refractivity contribution in [3.05, 3.63) is 54.1 Å². The number of rotatable bonds is 6. The molecule has 0 aliphatic carbocycles. The van der Waals surface area contributed by atoms with Crippen LogP contribution in [0.3, 0.4) is 0 Å². The third kappa shape index (κ3) is 4.00.